The summed E-state index contributed by atoms with van der Waals surface area (Å²) >= 11 is 0. The SMILES string of the molecule is C/C=C(\N=c1ccc(N(CCC)CCCC(C)CC)cn1C=O)c1cccc(CC)c1. The number of hydrogen-bond acceptors (Lipinski definition) is 3. The lowest BCUT2D eigenvalue weighted by Gasteiger charge is -2.25. The minimum Gasteiger partial charge on any atom is -0.370 e. The zero-order valence-corrected chi connectivity index (χ0v) is 20.0. The molecule has 1 unspecified atom stereocenters. The molecule has 0 aliphatic rings. The quantitative estimate of drug-likeness (QED) is 0.389. The number of hydrogen-bond donors (Lipinski definition) is 0. The fraction of sp³-hybridized carbons (Fsp3) is 0.481. The van der Waals surface area contributed by atoms with Crippen LogP contribution in [0.25, 0.3) is 5.70 Å². The maximum atomic E-state index is 11.9. The molecule has 0 bridgehead atoms. The van der Waals surface area contributed by atoms with Crippen LogP contribution < -0.4 is 10.4 Å². The van der Waals surface area contributed by atoms with E-state index in [4.69, 9.17) is 4.99 Å². The van der Waals surface area contributed by atoms with E-state index in [2.05, 4.69) is 62.9 Å². The van der Waals surface area contributed by atoms with E-state index >= 15 is 0 Å². The van der Waals surface area contributed by atoms with Crippen molar-refractivity contribution in [3.05, 3.63) is 65.3 Å². The molecule has 0 N–H and O–H groups in total. The number of anilines is 1. The molecule has 31 heavy (non-hydrogen) atoms. The topological polar surface area (TPSA) is 37.6 Å². The number of allylic oxidation sites excluding steroid dienone is 1. The summed E-state index contributed by atoms with van der Waals surface area (Å²) in [7, 11) is 0. The maximum absolute atomic E-state index is 11.9. The number of aromatic nitrogens is 1. The molecule has 1 atom stereocenters. The van der Waals surface area contributed by atoms with Gasteiger partial charge >= 0.3 is 0 Å². The molecular weight excluding hydrogens is 382 g/mol. The highest BCUT2D eigenvalue weighted by Crippen LogP contribution is 2.18. The van der Waals surface area contributed by atoms with Crippen LogP contribution in [0.4, 0.5) is 5.69 Å². The normalized spacial score (nSPS) is 13.3. The number of nitrogens with zero attached hydrogens (tertiary/aromatic N) is 3. The van der Waals surface area contributed by atoms with Crippen LogP contribution in [0.2, 0.25) is 0 Å². The second kappa shape index (κ2) is 12.9. The number of carbonyl (C=O) groups excluding carboxylic acids is 1. The second-order valence-electron chi connectivity index (χ2n) is 8.24. The summed E-state index contributed by atoms with van der Waals surface area (Å²) in [5, 5.41) is 0. The van der Waals surface area contributed by atoms with Gasteiger partial charge in [-0.2, -0.15) is 0 Å². The molecule has 0 radical (unpaired) electrons. The van der Waals surface area contributed by atoms with Crippen molar-refractivity contribution in [1.29, 1.82) is 0 Å². The Kier molecular flexibility index (Phi) is 10.3. The Labute approximate surface area is 188 Å². The van der Waals surface area contributed by atoms with Gasteiger partial charge in [0, 0.05) is 24.8 Å². The van der Waals surface area contributed by atoms with Crippen molar-refractivity contribution in [1.82, 2.24) is 4.57 Å². The number of rotatable bonds is 12. The van der Waals surface area contributed by atoms with Crippen molar-refractivity contribution in [2.75, 3.05) is 18.0 Å². The molecule has 168 valence electrons. The van der Waals surface area contributed by atoms with Crippen molar-refractivity contribution in [2.24, 2.45) is 10.9 Å². The van der Waals surface area contributed by atoms with Gasteiger partial charge < -0.3 is 4.90 Å². The predicted molar refractivity (Wildman–Crippen MR) is 133 cm³/mol. The summed E-state index contributed by atoms with van der Waals surface area (Å²) in [6.45, 7) is 12.9. The summed E-state index contributed by atoms with van der Waals surface area (Å²) in [6.07, 6.45) is 10.4. The average molecular weight is 422 g/mol. The Morgan fingerprint density at radius 2 is 1.97 bits per heavy atom. The summed E-state index contributed by atoms with van der Waals surface area (Å²) in [5.74, 6) is 0.759. The molecule has 4 heteroatoms. The summed E-state index contributed by atoms with van der Waals surface area (Å²) in [4.78, 5) is 19.1. The van der Waals surface area contributed by atoms with E-state index in [-0.39, 0.29) is 0 Å². The van der Waals surface area contributed by atoms with E-state index in [1.54, 1.807) is 4.57 Å². The Bertz CT molecular complexity index is 926. The van der Waals surface area contributed by atoms with E-state index < -0.39 is 0 Å². The minimum absolute atomic E-state index is 0.643. The molecule has 1 aromatic carbocycles. The largest absolute Gasteiger partial charge is 0.370 e. The van der Waals surface area contributed by atoms with Gasteiger partial charge in [0.2, 0.25) is 6.41 Å². The van der Waals surface area contributed by atoms with E-state index in [1.807, 2.05) is 25.3 Å². The molecule has 1 heterocycles. The highest BCUT2D eigenvalue weighted by Gasteiger charge is 2.09. The predicted octanol–water partition coefficient (Wildman–Crippen LogP) is 6.09. The fourth-order valence-electron chi connectivity index (χ4n) is 3.71. The van der Waals surface area contributed by atoms with Crippen LogP contribution in [-0.2, 0) is 11.2 Å². The first-order valence-electron chi connectivity index (χ1n) is 11.8. The van der Waals surface area contributed by atoms with Crippen LogP contribution in [0.15, 0.2) is 53.7 Å². The van der Waals surface area contributed by atoms with Gasteiger partial charge in [-0.15, -0.1) is 0 Å². The first-order chi connectivity index (χ1) is 15.1. The van der Waals surface area contributed by atoms with E-state index in [0.29, 0.717) is 5.49 Å². The van der Waals surface area contributed by atoms with Gasteiger partial charge in [0.25, 0.3) is 0 Å². The lowest BCUT2D eigenvalue weighted by Crippen LogP contribution is -2.28. The van der Waals surface area contributed by atoms with E-state index in [0.717, 1.165) is 55.2 Å². The van der Waals surface area contributed by atoms with Crippen molar-refractivity contribution >= 4 is 17.8 Å². The first kappa shape index (κ1) is 24.6. The number of carbonyl (C=O) groups is 1. The molecule has 0 spiro atoms. The Balaban J connectivity index is 2.32. The highest BCUT2D eigenvalue weighted by atomic mass is 16.1. The average Bonchev–Trinajstić information content (AvgIpc) is 2.81. The third kappa shape index (κ3) is 7.23. The van der Waals surface area contributed by atoms with Gasteiger partial charge in [-0.3, -0.25) is 9.36 Å². The lowest BCUT2D eigenvalue weighted by atomic mass is 10.0. The van der Waals surface area contributed by atoms with Gasteiger partial charge in [-0.1, -0.05) is 58.4 Å². The van der Waals surface area contributed by atoms with E-state index in [9.17, 15) is 4.79 Å². The number of benzene rings is 1. The number of aryl methyl sites for hydroxylation is 1. The van der Waals surface area contributed by atoms with Crippen LogP contribution in [0.1, 0.15) is 71.4 Å². The molecule has 1 aromatic heterocycles. The summed E-state index contributed by atoms with van der Waals surface area (Å²) in [5.41, 5.74) is 4.94. The monoisotopic (exact) mass is 421 g/mol. The van der Waals surface area contributed by atoms with Crippen molar-refractivity contribution in [2.45, 2.75) is 66.7 Å². The summed E-state index contributed by atoms with van der Waals surface area (Å²) < 4.78 is 1.60. The molecular formula is C27H39N3O. The van der Waals surface area contributed by atoms with Crippen LogP contribution in [0, 0.1) is 5.92 Å². The zero-order chi connectivity index (χ0) is 22.6. The second-order valence-corrected chi connectivity index (χ2v) is 8.24. The molecule has 0 amide bonds. The van der Waals surface area contributed by atoms with Crippen LogP contribution in [-0.4, -0.2) is 24.1 Å². The van der Waals surface area contributed by atoms with Gasteiger partial charge in [0.15, 0.2) is 0 Å². The van der Waals surface area contributed by atoms with Crippen LogP contribution in [0.5, 0.6) is 0 Å². The Hall–Kier alpha value is -2.62. The minimum atomic E-state index is 0.643. The first-order valence-corrected chi connectivity index (χ1v) is 11.8. The lowest BCUT2D eigenvalue weighted by molar-refractivity contribution is 0.492. The highest BCUT2D eigenvalue weighted by molar-refractivity contribution is 5.65. The van der Waals surface area contributed by atoms with Crippen LogP contribution in [0.3, 0.4) is 0 Å². The molecule has 0 aliphatic carbocycles. The molecule has 0 saturated carbocycles. The van der Waals surface area contributed by atoms with E-state index in [1.165, 1.54) is 24.8 Å². The maximum Gasteiger partial charge on any atom is 0.219 e. The van der Waals surface area contributed by atoms with Crippen molar-refractivity contribution < 1.29 is 4.79 Å². The van der Waals surface area contributed by atoms with Gasteiger partial charge in [-0.05, 0) is 62.3 Å². The molecule has 2 rings (SSSR count). The van der Waals surface area contributed by atoms with Crippen molar-refractivity contribution in [3.8, 4) is 0 Å². The standard InChI is InChI=1S/C27H39N3O/c1-6-17-29(18-11-12-22(5)7-2)25-15-16-27(30(20-25)21-31)28-26(9-4)24-14-10-13-23(8-3)19-24/h9-10,13-16,19-22H,6-8,11-12,17-18H2,1-5H3/b26-9-,28-27?. The summed E-state index contributed by atoms with van der Waals surface area (Å²) in [6, 6.07) is 12.5. The third-order valence-corrected chi connectivity index (χ3v) is 5.87. The van der Waals surface area contributed by atoms with Crippen molar-refractivity contribution in [3.63, 3.8) is 0 Å². The molecule has 0 aliphatic heterocycles. The van der Waals surface area contributed by atoms with Gasteiger partial charge in [0.1, 0.15) is 5.49 Å². The molecule has 4 nitrogen and oxygen atoms in total. The molecule has 2 aromatic rings. The smallest absolute Gasteiger partial charge is 0.219 e. The zero-order valence-electron chi connectivity index (χ0n) is 20.0. The van der Waals surface area contributed by atoms with Gasteiger partial charge in [-0.25, -0.2) is 4.99 Å². The number of pyridine rings is 1. The third-order valence-electron chi connectivity index (χ3n) is 5.87. The molecule has 0 fully saturated rings. The van der Waals surface area contributed by atoms with Gasteiger partial charge in [0.05, 0.1) is 11.4 Å². The van der Waals surface area contributed by atoms with Crippen LogP contribution >= 0.6 is 0 Å². The molecule has 0 saturated heterocycles. The Morgan fingerprint density at radius 1 is 1.16 bits per heavy atom. The Morgan fingerprint density at radius 3 is 2.61 bits per heavy atom. The fourth-order valence-corrected chi connectivity index (χ4v) is 3.71.